The number of hydrogen-bond donors (Lipinski definition) is 1. The summed E-state index contributed by atoms with van der Waals surface area (Å²) >= 11 is 10.4. The lowest BCUT2D eigenvalue weighted by Crippen LogP contribution is -2.42. The maximum absolute atomic E-state index is 5.89. The van der Waals surface area contributed by atoms with E-state index in [0.29, 0.717) is 5.41 Å². The Balaban J connectivity index is 1.88. The third-order valence-electron chi connectivity index (χ3n) is 3.72. The van der Waals surface area contributed by atoms with Crippen LogP contribution in [0.15, 0.2) is 24.3 Å². The monoisotopic (exact) mass is 269 g/mol. The normalized spacial score (nSPS) is 18.1. The predicted octanol–water partition coefficient (Wildman–Crippen LogP) is 3.87. The highest BCUT2D eigenvalue weighted by molar-refractivity contribution is 7.80. The first kappa shape index (κ1) is 13.3. The molecule has 0 unspecified atom stereocenters. The van der Waals surface area contributed by atoms with Gasteiger partial charge in [-0.2, -0.15) is 12.6 Å². The second-order valence-electron chi connectivity index (χ2n) is 5.31. The molecule has 1 aliphatic carbocycles. The van der Waals surface area contributed by atoms with Crippen LogP contribution >= 0.6 is 24.2 Å². The van der Waals surface area contributed by atoms with Crippen molar-refractivity contribution in [2.24, 2.45) is 5.41 Å². The first-order valence-corrected chi connectivity index (χ1v) is 7.18. The molecule has 0 atom stereocenters. The number of thiol groups is 1. The predicted molar refractivity (Wildman–Crippen MR) is 77.9 cm³/mol. The topological polar surface area (TPSA) is 3.24 Å². The number of rotatable bonds is 5. The number of halogens is 1. The van der Waals surface area contributed by atoms with Crippen molar-refractivity contribution >= 4 is 24.2 Å². The molecular weight excluding hydrogens is 250 g/mol. The Morgan fingerprint density at radius 2 is 1.94 bits per heavy atom. The Hall–Kier alpha value is -0.180. The summed E-state index contributed by atoms with van der Waals surface area (Å²) in [6, 6.07) is 8.13. The van der Waals surface area contributed by atoms with Crippen LogP contribution < -0.4 is 0 Å². The summed E-state index contributed by atoms with van der Waals surface area (Å²) in [6.45, 7) is 2.14. The molecule has 1 nitrogen and oxygen atoms in total. The van der Waals surface area contributed by atoms with Crippen molar-refractivity contribution in [3.05, 3.63) is 34.9 Å². The quantitative estimate of drug-likeness (QED) is 0.794. The van der Waals surface area contributed by atoms with Gasteiger partial charge in [-0.3, -0.25) is 0 Å². The van der Waals surface area contributed by atoms with E-state index in [1.54, 1.807) is 0 Å². The lowest BCUT2D eigenvalue weighted by Gasteiger charge is -2.43. The molecule has 0 saturated heterocycles. The molecule has 94 valence electrons. The van der Waals surface area contributed by atoms with E-state index in [2.05, 4.69) is 36.7 Å². The molecule has 1 fully saturated rings. The first-order chi connectivity index (χ1) is 8.13. The molecule has 1 aromatic carbocycles. The van der Waals surface area contributed by atoms with Crippen LogP contribution in [-0.2, 0) is 6.54 Å². The van der Waals surface area contributed by atoms with Crippen LogP contribution in [0.1, 0.15) is 24.8 Å². The van der Waals surface area contributed by atoms with Crippen molar-refractivity contribution in [1.82, 2.24) is 4.90 Å². The molecule has 0 N–H and O–H groups in total. The molecule has 0 amide bonds. The van der Waals surface area contributed by atoms with Gasteiger partial charge in [0.05, 0.1) is 0 Å². The van der Waals surface area contributed by atoms with Crippen molar-refractivity contribution < 1.29 is 0 Å². The van der Waals surface area contributed by atoms with Gasteiger partial charge in [0, 0.05) is 18.1 Å². The fourth-order valence-electron chi connectivity index (χ4n) is 2.57. The van der Waals surface area contributed by atoms with E-state index < -0.39 is 0 Å². The molecule has 17 heavy (non-hydrogen) atoms. The molecule has 0 bridgehead atoms. The van der Waals surface area contributed by atoms with Crippen LogP contribution in [0.5, 0.6) is 0 Å². The summed E-state index contributed by atoms with van der Waals surface area (Å²) in [5.74, 6) is 1.01. The third-order valence-corrected chi connectivity index (χ3v) is 4.64. The lowest BCUT2D eigenvalue weighted by molar-refractivity contribution is 0.102. The molecule has 1 aliphatic rings. The summed E-state index contributed by atoms with van der Waals surface area (Å²) < 4.78 is 0. The smallest absolute Gasteiger partial charge is 0.0406 e. The van der Waals surface area contributed by atoms with Crippen LogP contribution in [0.3, 0.4) is 0 Å². The lowest BCUT2D eigenvalue weighted by atomic mass is 9.70. The van der Waals surface area contributed by atoms with Crippen molar-refractivity contribution in [2.45, 2.75) is 25.8 Å². The van der Waals surface area contributed by atoms with Crippen molar-refractivity contribution in [2.75, 3.05) is 19.3 Å². The van der Waals surface area contributed by atoms with Gasteiger partial charge in [-0.25, -0.2) is 0 Å². The highest BCUT2D eigenvalue weighted by Gasteiger charge is 2.36. The molecule has 0 aliphatic heterocycles. The van der Waals surface area contributed by atoms with Crippen molar-refractivity contribution in [3.63, 3.8) is 0 Å². The molecule has 2 rings (SSSR count). The SMILES string of the molecule is CN(Cc1ccc(Cl)cc1)CC1(CS)CCC1. The standard InChI is InChI=1S/C14H20ClNS/c1-16(10-14(11-17)7-2-8-14)9-12-3-5-13(15)6-4-12/h3-6,17H,2,7-11H2,1H3. The van der Waals surface area contributed by atoms with Crippen LogP contribution in [0.2, 0.25) is 5.02 Å². The number of nitrogens with zero attached hydrogens (tertiary/aromatic N) is 1. The minimum absolute atomic E-state index is 0.476. The van der Waals surface area contributed by atoms with E-state index in [9.17, 15) is 0 Å². The van der Waals surface area contributed by atoms with Gasteiger partial charge in [0.15, 0.2) is 0 Å². The molecule has 3 heteroatoms. The average Bonchev–Trinajstić information content (AvgIpc) is 2.27. The zero-order valence-corrected chi connectivity index (χ0v) is 12.0. The van der Waals surface area contributed by atoms with Gasteiger partial charge in [0.25, 0.3) is 0 Å². The minimum atomic E-state index is 0.476. The van der Waals surface area contributed by atoms with E-state index in [1.165, 1.54) is 24.8 Å². The van der Waals surface area contributed by atoms with E-state index >= 15 is 0 Å². The van der Waals surface area contributed by atoms with Gasteiger partial charge in [-0.1, -0.05) is 30.2 Å². The fourth-order valence-corrected chi connectivity index (χ4v) is 3.12. The maximum Gasteiger partial charge on any atom is 0.0406 e. The molecule has 1 saturated carbocycles. The van der Waals surface area contributed by atoms with Crippen LogP contribution in [0.25, 0.3) is 0 Å². The molecule has 0 spiro atoms. The highest BCUT2D eigenvalue weighted by atomic mass is 35.5. The minimum Gasteiger partial charge on any atom is -0.302 e. The molecule has 0 aromatic heterocycles. The number of hydrogen-bond acceptors (Lipinski definition) is 2. The molecular formula is C14H20ClNS. The summed E-state index contributed by atoms with van der Waals surface area (Å²) in [7, 11) is 2.19. The summed E-state index contributed by atoms with van der Waals surface area (Å²) in [5.41, 5.74) is 1.80. The third kappa shape index (κ3) is 3.40. The van der Waals surface area contributed by atoms with Gasteiger partial charge in [0.1, 0.15) is 0 Å². The molecule has 1 aromatic rings. The maximum atomic E-state index is 5.89. The van der Waals surface area contributed by atoms with Gasteiger partial charge < -0.3 is 4.90 Å². The Bertz CT molecular complexity index is 353. The van der Waals surface area contributed by atoms with Crippen LogP contribution in [0.4, 0.5) is 0 Å². The van der Waals surface area contributed by atoms with Gasteiger partial charge in [-0.05, 0) is 48.8 Å². The van der Waals surface area contributed by atoms with Crippen LogP contribution in [-0.4, -0.2) is 24.2 Å². The zero-order valence-electron chi connectivity index (χ0n) is 10.3. The first-order valence-electron chi connectivity index (χ1n) is 6.17. The largest absolute Gasteiger partial charge is 0.302 e. The Kier molecular flexibility index (Phi) is 4.40. The Morgan fingerprint density at radius 3 is 2.41 bits per heavy atom. The van der Waals surface area contributed by atoms with Gasteiger partial charge in [-0.15, -0.1) is 0 Å². The van der Waals surface area contributed by atoms with E-state index in [1.807, 2.05) is 12.1 Å². The highest BCUT2D eigenvalue weighted by Crippen LogP contribution is 2.42. The summed E-state index contributed by atoms with van der Waals surface area (Å²) in [6.07, 6.45) is 4.04. The summed E-state index contributed by atoms with van der Waals surface area (Å²) in [4.78, 5) is 2.40. The second kappa shape index (κ2) is 5.64. The fraction of sp³-hybridized carbons (Fsp3) is 0.571. The molecule has 0 radical (unpaired) electrons. The van der Waals surface area contributed by atoms with Gasteiger partial charge >= 0.3 is 0 Å². The van der Waals surface area contributed by atoms with Gasteiger partial charge in [0.2, 0.25) is 0 Å². The van der Waals surface area contributed by atoms with E-state index in [-0.39, 0.29) is 0 Å². The average molecular weight is 270 g/mol. The Morgan fingerprint density at radius 1 is 1.29 bits per heavy atom. The summed E-state index contributed by atoms with van der Waals surface area (Å²) in [5, 5.41) is 0.808. The Labute approximate surface area is 115 Å². The zero-order chi connectivity index (χ0) is 12.3. The second-order valence-corrected chi connectivity index (χ2v) is 6.06. The van der Waals surface area contributed by atoms with Crippen LogP contribution in [0, 0.1) is 5.41 Å². The van der Waals surface area contributed by atoms with E-state index in [4.69, 9.17) is 11.6 Å². The van der Waals surface area contributed by atoms with Crippen molar-refractivity contribution in [3.8, 4) is 0 Å². The number of benzene rings is 1. The van der Waals surface area contributed by atoms with Crippen molar-refractivity contribution in [1.29, 1.82) is 0 Å². The molecule has 0 heterocycles. The van der Waals surface area contributed by atoms with E-state index in [0.717, 1.165) is 23.9 Å².